The van der Waals surface area contributed by atoms with E-state index in [0.717, 1.165) is 32.2 Å². The van der Waals surface area contributed by atoms with Crippen molar-refractivity contribution < 1.29 is 4.79 Å². The van der Waals surface area contributed by atoms with Crippen molar-refractivity contribution in [1.29, 1.82) is 0 Å². The summed E-state index contributed by atoms with van der Waals surface area (Å²) in [5, 5.41) is 7.01. The second kappa shape index (κ2) is 9.56. The molecule has 0 aliphatic carbocycles. The van der Waals surface area contributed by atoms with Crippen LogP contribution in [0.1, 0.15) is 22.9 Å². The average Bonchev–Trinajstić information content (AvgIpc) is 3.25. The van der Waals surface area contributed by atoms with Crippen LogP contribution < -0.4 is 4.90 Å². The Hall–Kier alpha value is -0.860. The van der Waals surface area contributed by atoms with Gasteiger partial charge in [-0.05, 0) is 17.7 Å². The van der Waals surface area contributed by atoms with Crippen LogP contribution in [-0.4, -0.2) is 47.0 Å². The Kier molecular flexibility index (Phi) is 7.39. The highest BCUT2D eigenvalue weighted by atomic mass is 79.9. The number of benzene rings is 1. The Morgan fingerprint density at radius 1 is 1.26 bits per heavy atom. The monoisotopic (exact) mass is 508 g/mol. The van der Waals surface area contributed by atoms with Gasteiger partial charge in [0.15, 0.2) is 5.13 Å². The summed E-state index contributed by atoms with van der Waals surface area (Å²) in [5.74, 6) is 0.925. The maximum absolute atomic E-state index is 11.6. The molecule has 0 spiro atoms. The first kappa shape index (κ1) is 20.9. The summed E-state index contributed by atoms with van der Waals surface area (Å²) in [6, 6.07) is 7.57. The molecular formula is C17H16BrCl3N4OS. The highest BCUT2D eigenvalue weighted by molar-refractivity contribution is 9.10. The van der Waals surface area contributed by atoms with Crippen molar-refractivity contribution in [3.63, 3.8) is 0 Å². The predicted molar refractivity (Wildman–Crippen MR) is 117 cm³/mol. The molecule has 0 saturated carbocycles. The van der Waals surface area contributed by atoms with E-state index in [4.69, 9.17) is 34.8 Å². The van der Waals surface area contributed by atoms with E-state index in [9.17, 15) is 4.79 Å². The van der Waals surface area contributed by atoms with Crippen molar-refractivity contribution in [3.8, 4) is 0 Å². The van der Waals surface area contributed by atoms with Crippen LogP contribution >= 0.6 is 62.1 Å². The molecule has 10 heteroatoms. The van der Waals surface area contributed by atoms with Crippen molar-refractivity contribution in [2.24, 2.45) is 5.10 Å². The fraction of sp³-hybridized carbons (Fsp3) is 0.353. The van der Waals surface area contributed by atoms with Gasteiger partial charge in [0.25, 0.3) is 0 Å². The Morgan fingerprint density at radius 2 is 1.93 bits per heavy atom. The third kappa shape index (κ3) is 4.77. The largest absolute Gasteiger partial charge is 0.346 e. The fourth-order valence-electron chi connectivity index (χ4n) is 2.80. The number of thiazole rings is 1. The summed E-state index contributed by atoms with van der Waals surface area (Å²) in [7, 11) is 0. The van der Waals surface area contributed by atoms with E-state index in [1.165, 1.54) is 16.3 Å². The van der Waals surface area contributed by atoms with E-state index in [1.807, 2.05) is 29.2 Å². The van der Waals surface area contributed by atoms with Gasteiger partial charge in [-0.2, -0.15) is 5.10 Å². The van der Waals surface area contributed by atoms with Crippen molar-refractivity contribution in [2.45, 2.75) is 12.5 Å². The molecule has 1 aromatic carbocycles. The van der Waals surface area contributed by atoms with E-state index >= 15 is 0 Å². The molecular weight excluding hydrogens is 495 g/mol. The molecule has 1 aliphatic rings. The van der Waals surface area contributed by atoms with Gasteiger partial charge >= 0.3 is 0 Å². The number of anilines is 1. The van der Waals surface area contributed by atoms with E-state index in [1.54, 1.807) is 0 Å². The van der Waals surface area contributed by atoms with Crippen LogP contribution in [-0.2, 0) is 4.79 Å². The van der Waals surface area contributed by atoms with Crippen LogP contribution in [0.4, 0.5) is 5.13 Å². The quantitative estimate of drug-likeness (QED) is 0.365. The zero-order valence-electron chi connectivity index (χ0n) is 14.1. The molecule has 0 fully saturated rings. The molecule has 3 rings (SSSR count). The lowest BCUT2D eigenvalue weighted by Gasteiger charge is -2.19. The Bertz CT molecular complexity index is 824. The molecule has 1 aromatic heterocycles. The second-order valence-corrected chi connectivity index (χ2v) is 8.81. The van der Waals surface area contributed by atoms with Crippen LogP contribution in [0.15, 0.2) is 33.8 Å². The van der Waals surface area contributed by atoms with Gasteiger partial charge in [0.1, 0.15) is 5.15 Å². The van der Waals surface area contributed by atoms with E-state index < -0.39 is 0 Å². The molecule has 0 N–H and O–H groups in total. The smallest absolute Gasteiger partial charge is 0.230 e. The molecule has 1 aliphatic heterocycles. The van der Waals surface area contributed by atoms with Gasteiger partial charge in [-0.25, -0.2) is 9.99 Å². The van der Waals surface area contributed by atoms with Gasteiger partial charge in [0.05, 0.1) is 16.6 Å². The highest BCUT2D eigenvalue weighted by Crippen LogP contribution is 2.41. The van der Waals surface area contributed by atoms with Crippen molar-refractivity contribution >= 4 is 79.3 Å². The van der Waals surface area contributed by atoms with E-state index in [-0.39, 0.29) is 6.04 Å². The minimum atomic E-state index is -0.270. The maximum Gasteiger partial charge on any atom is 0.230 e. The summed E-state index contributed by atoms with van der Waals surface area (Å²) in [6.45, 7) is 1.25. The molecule has 27 heavy (non-hydrogen) atoms. The molecule has 5 nitrogen and oxygen atoms in total. The molecule has 144 valence electrons. The third-order valence-electron chi connectivity index (χ3n) is 4.11. The van der Waals surface area contributed by atoms with Crippen molar-refractivity contribution in [1.82, 2.24) is 9.99 Å². The maximum atomic E-state index is 11.6. The van der Waals surface area contributed by atoms with E-state index in [0.29, 0.717) is 36.4 Å². The van der Waals surface area contributed by atoms with Crippen molar-refractivity contribution in [3.05, 3.63) is 44.3 Å². The van der Waals surface area contributed by atoms with Crippen LogP contribution in [0.3, 0.4) is 0 Å². The summed E-state index contributed by atoms with van der Waals surface area (Å²) in [5.41, 5.74) is 1.81. The molecule has 2 aromatic rings. The Balaban J connectivity index is 1.86. The molecule has 1 amide bonds. The number of amides is 1. The number of aromatic nitrogens is 1. The normalized spacial score (nSPS) is 16.5. The average molecular weight is 511 g/mol. The number of carbonyl (C=O) groups is 1. The number of alkyl halides is 2. The first-order chi connectivity index (χ1) is 13.1. The highest BCUT2D eigenvalue weighted by Gasteiger charge is 2.33. The number of nitrogens with zero attached hydrogens (tertiary/aromatic N) is 4. The lowest BCUT2D eigenvalue weighted by Crippen LogP contribution is -2.27. The van der Waals surface area contributed by atoms with E-state index in [2.05, 4.69) is 26.0 Å². The number of carbonyl (C=O) groups excluding carboxylic acids is 1. The Labute approximate surface area is 185 Å². The molecule has 1 unspecified atom stereocenters. The second-order valence-electron chi connectivity index (χ2n) is 5.78. The predicted octanol–water partition coefficient (Wildman–Crippen LogP) is 5.15. The first-order valence-electron chi connectivity index (χ1n) is 8.17. The van der Waals surface area contributed by atoms with Gasteiger partial charge in [-0.3, -0.25) is 4.79 Å². The Morgan fingerprint density at radius 3 is 2.52 bits per heavy atom. The zero-order chi connectivity index (χ0) is 19.4. The SMILES string of the molecule is O=CN1N=C(c2ccc(Br)cc2)CC1c1sc(N(CCCl)CCCl)nc1Cl. The summed E-state index contributed by atoms with van der Waals surface area (Å²) >= 11 is 23.1. The molecule has 1 atom stereocenters. The number of rotatable bonds is 8. The van der Waals surface area contributed by atoms with Crippen LogP contribution in [0.5, 0.6) is 0 Å². The minimum Gasteiger partial charge on any atom is -0.346 e. The summed E-state index contributed by atoms with van der Waals surface area (Å²) in [4.78, 5) is 18.9. The molecule has 2 heterocycles. The molecule has 0 bridgehead atoms. The lowest BCUT2D eigenvalue weighted by molar-refractivity contribution is -0.119. The van der Waals surface area contributed by atoms with Gasteiger partial charge in [-0.15, -0.1) is 23.2 Å². The number of hydrazone groups is 1. The lowest BCUT2D eigenvalue weighted by atomic mass is 10.0. The fourth-order valence-corrected chi connectivity index (χ4v) is 4.95. The molecule has 0 saturated heterocycles. The number of hydrogen-bond acceptors (Lipinski definition) is 5. The van der Waals surface area contributed by atoms with Gasteiger partial charge in [-0.1, -0.05) is 51.0 Å². The number of halogens is 4. The summed E-state index contributed by atoms with van der Waals surface area (Å²) in [6.07, 6.45) is 1.30. The van der Waals surface area contributed by atoms with Crippen LogP contribution in [0.25, 0.3) is 0 Å². The van der Waals surface area contributed by atoms with Gasteiger partial charge in [0, 0.05) is 35.7 Å². The van der Waals surface area contributed by atoms with Crippen molar-refractivity contribution in [2.75, 3.05) is 29.7 Å². The standard InChI is InChI=1S/C17H16BrCl3N4OS/c18-12-3-1-11(2-4-12)13-9-14(25(10-26)23-13)15-16(21)22-17(27-15)24(7-5-19)8-6-20/h1-4,10,14H,5-9H2. The summed E-state index contributed by atoms with van der Waals surface area (Å²) < 4.78 is 0.988. The third-order valence-corrected chi connectivity index (χ3v) is 6.59. The van der Waals surface area contributed by atoms with Crippen LogP contribution in [0.2, 0.25) is 5.15 Å². The van der Waals surface area contributed by atoms with Crippen LogP contribution in [0, 0.1) is 0 Å². The van der Waals surface area contributed by atoms with Gasteiger partial charge in [0.2, 0.25) is 6.41 Å². The minimum absolute atomic E-state index is 0.270. The zero-order valence-corrected chi connectivity index (χ0v) is 18.8. The van der Waals surface area contributed by atoms with Gasteiger partial charge < -0.3 is 4.90 Å². The topological polar surface area (TPSA) is 48.8 Å². The number of hydrogen-bond donors (Lipinski definition) is 0. The first-order valence-corrected chi connectivity index (χ1v) is 11.2. The molecule has 0 radical (unpaired) electrons.